The molecular formula is C29H32N4O4. The van der Waals surface area contributed by atoms with Crippen molar-refractivity contribution in [1.82, 2.24) is 19.8 Å². The number of hydrogen-bond donors (Lipinski definition) is 1. The van der Waals surface area contributed by atoms with Gasteiger partial charge < -0.3 is 24.3 Å². The monoisotopic (exact) mass is 500 g/mol. The highest BCUT2D eigenvalue weighted by molar-refractivity contribution is 5.95. The lowest BCUT2D eigenvalue weighted by atomic mass is 10.2. The Morgan fingerprint density at radius 1 is 0.946 bits per heavy atom. The summed E-state index contributed by atoms with van der Waals surface area (Å²) >= 11 is 0. The molecule has 2 amide bonds. The quantitative estimate of drug-likeness (QED) is 0.348. The predicted molar refractivity (Wildman–Crippen MR) is 143 cm³/mol. The summed E-state index contributed by atoms with van der Waals surface area (Å²) in [5, 5.41) is 2.93. The molecule has 37 heavy (non-hydrogen) atoms. The van der Waals surface area contributed by atoms with Crippen LogP contribution in [0.25, 0.3) is 11.0 Å². The first kappa shape index (κ1) is 25.8. The van der Waals surface area contributed by atoms with Crippen molar-refractivity contribution in [1.29, 1.82) is 0 Å². The van der Waals surface area contributed by atoms with Crippen LogP contribution in [0.1, 0.15) is 35.6 Å². The lowest BCUT2D eigenvalue weighted by molar-refractivity contribution is -0.134. The van der Waals surface area contributed by atoms with Crippen LogP contribution in [0.2, 0.25) is 0 Å². The lowest BCUT2D eigenvalue weighted by Gasteiger charge is -2.27. The number of imidazole rings is 1. The van der Waals surface area contributed by atoms with E-state index in [0.717, 1.165) is 16.6 Å². The van der Waals surface area contributed by atoms with Crippen molar-refractivity contribution in [3.05, 3.63) is 89.7 Å². The fourth-order valence-electron chi connectivity index (χ4n) is 4.24. The maximum atomic E-state index is 13.5. The number of fused-ring (bicyclic) bond motifs is 1. The van der Waals surface area contributed by atoms with Gasteiger partial charge in [-0.1, -0.05) is 42.5 Å². The molecule has 1 N–H and O–H groups in total. The van der Waals surface area contributed by atoms with Gasteiger partial charge in [-0.25, -0.2) is 4.98 Å². The van der Waals surface area contributed by atoms with Gasteiger partial charge in [0.1, 0.15) is 12.4 Å². The molecule has 0 saturated carbocycles. The van der Waals surface area contributed by atoms with Crippen LogP contribution in [-0.2, 0) is 24.4 Å². The van der Waals surface area contributed by atoms with Crippen LogP contribution in [-0.4, -0.2) is 46.5 Å². The predicted octanol–water partition coefficient (Wildman–Crippen LogP) is 4.42. The molecular weight excluding hydrogens is 468 g/mol. The Hall–Kier alpha value is -4.33. The van der Waals surface area contributed by atoms with E-state index in [0.29, 0.717) is 29.4 Å². The van der Waals surface area contributed by atoms with E-state index in [1.807, 2.05) is 77.9 Å². The average molecular weight is 501 g/mol. The Bertz CT molecular complexity index is 1380. The summed E-state index contributed by atoms with van der Waals surface area (Å²) in [4.78, 5) is 33.0. The molecule has 1 aromatic heterocycles. The summed E-state index contributed by atoms with van der Waals surface area (Å²) < 4.78 is 12.4. The highest BCUT2D eigenvalue weighted by atomic mass is 16.5. The lowest BCUT2D eigenvalue weighted by Crippen LogP contribution is -2.39. The van der Waals surface area contributed by atoms with Gasteiger partial charge in [0.25, 0.3) is 5.91 Å². The molecule has 3 aromatic carbocycles. The summed E-state index contributed by atoms with van der Waals surface area (Å²) in [6, 6.07) is 22.6. The topological polar surface area (TPSA) is 85.7 Å². The normalized spacial score (nSPS) is 10.9. The minimum Gasteiger partial charge on any atom is -0.493 e. The van der Waals surface area contributed by atoms with Gasteiger partial charge in [0, 0.05) is 18.2 Å². The number of rotatable bonds is 10. The van der Waals surface area contributed by atoms with Gasteiger partial charge in [0.15, 0.2) is 11.5 Å². The summed E-state index contributed by atoms with van der Waals surface area (Å²) in [6.45, 7) is 4.83. The maximum Gasteiger partial charge on any atom is 0.251 e. The molecule has 0 unspecified atom stereocenters. The molecule has 192 valence electrons. The van der Waals surface area contributed by atoms with E-state index < -0.39 is 0 Å². The molecule has 4 aromatic rings. The number of hydrogen-bond acceptors (Lipinski definition) is 5. The average Bonchev–Trinajstić information content (AvgIpc) is 3.27. The Morgan fingerprint density at radius 2 is 1.65 bits per heavy atom. The summed E-state index contributed by atoms with van der Waals surface area (Å²) in [5.74, 6) is 1.32. The van der Waals surface area contributed by atoms with Crippen LogP contribution in [0.4, 0.5) is 0 Å². The Morgan fingerprint density at radius 3 is 2.35 bits per heavy atom. The zero-order chi connectivity index (χ0) is 26.4. The first-order valence-electron chi connectivity index (χ1n) is 12.2. The van der Waals surface area contributed by atoms with Gasteiger partial charge in [-0.05, 0) is 49.7 Å². The molecule has 0 spiro atoms. The molecule has 4 rings (SSSR count). The molecule has 0 atom stereocenters. The minimum atomic E-state index is -0.279. The zero-order valence-electron chi connectivity index (χ0n) is 21.6. The Labute approximate surface area is 216 Å². The highest BCUT2D eigenvalue weighted by Gasteiger charge is 2.21. The Kier molecular flexibility index (Phi) is 8.08. The molecule has 8 nitrogen and oxygen atoms in total. The standard InChI is InChI=1S/C29H32N4O4/c1-20(2)32(18-21-10-6-5-7-11-21)28(34)19-33-24-13-9-8-12-23(24)31-27(33)17-30-29(35)22-14-15-25(36-3)26(16-22)37-4/h5-16,20H,17-19H2,1-4H3,(H,30,35). The van der Waals surface area contributed by atoms with Crippen molar-refractivity contribution >= 4 is 22.8 Å². The molecule has 0 fully saturated rings. The van der Waals surface area contributed by atoms with E-state index in [1.54, 1.807) is 25.3 Å². The number of carbonyl (C=O) groups is 2. The van der Waals surface area contributed by atoms with Crippen molar-refractivity contribution in [2.75, 3.05) is 14.2 Å². The second-order valence-corrected chi connectivity index (χ2v) is 8.96. The van der Waals surface area contributed by atoms with E-state index in [-0.39, 0.29) is 30.9 Å². The molecule has 1 heterocycles. The zero-order valence-corrected chi connectivity index (χ0v) is 21.6. The maximum absolute atomic E-state index is 13.5. The number of nitrogens with one attached hydrogen (secondary N) is 1. The van der Waals surface area contributed by atoms with Crippen LogP contribution >= 0.6 is 0 Å². The number of carbonyl (C=O) groups excluding carboxylic acids is 2. The fraction of sp³-hybridized carbons (Fsp3) is 0.276. The largest absolute Gasteiger partial charge is 0.493 e. The first-order valence-corrected chi connectivity index (χ1v) is 12.2. The van der Waals surface area contributed by atoms with Gasteiger partial charge in [-0.2, -0.15) is 0 Å². The number of methoxy groups -OCH3 is 2. The fourth-order valence-corrected chi connectivity index (χ4v) is 4.24. The third kappa shape index (κ3) is 5.91. The molecule has 0 aliphatic carbocycles. The number of aromatic nitrogens is 2. The first-order chi connectivity index (χ1) is 17.9. The van der Waals surface area contributed by atoms with Crippen molar-refractivity contribution in [3.63, 3.8) is 0 Å². The van der Waals surface area contributed by atoms with Crippen LogP contribution in [0.3, 0.4) is 0 Å². The van der Waals surface area contributed by atoms with Gasteiger partial charge in [-0.15, -0.1) is 0 Å². The van der Waals surface area contributed by atoms with E-state index >= 15 is 0 Å². The number of para-hydroxylation sites is 2. The van der Waals surface area contributed by atoms with Crippen molar-refractivity contribution in [2.24, 2.45) is 0 Å². The molecule has 0 bridgehead atoms. The molecule has 0 aliphatic rings. The molecule has 0 aliphatic heterocycles. The second kappa shape index (κ2) is 11.6. The minimum absolute atomic E-state index is 0.0190. The third-order valence-electron chi connectivity index (χ3n) is 6.22. The SMILES string of the molecule is COc1ccc(C(=O)NCc2nc3ccccc3n2CC(=O)N(Cc2ccccc2)C(C)C)cc1OC. The second-order valence-electron chi connectivity index (χ2n) is 8.96. The van der Waals surface area contributed by atoms with Crippen LogP contribution in [0.5, 0.6) is 11.5 Å². The van der Waals surface area contributed by atoms with Crippen LogP contribution in [0.15, 0.2) is 72.8 Å². The number of amides is 2. The molecule has 0 saturated heterocycles. The van der Waals surface area contributed by atoms with Gasteiger partial charge in [0.05, 0.1) is 31.8 Å². The smallest absolute Gasteiger partial charge is 0.251 e. The van der Waals surface area contributed by atoms with Crippen molar-refractivity contribution in [3.8, 4) is 11.5 Å². The summed E-state index contributed by atoms with van der Waals surface area (Å²) in [5.41, 5.74) is 3.12. The van der Waals surface area contributed by atoms with E-state index in [1.165, 1.54) is 7.11 Å². The summed E-state index contributed by atoms with van der Waals surface area (Å²) in [7, 11) is 3.07. The van der Waals surface area contributed by atoms with Crippen LogP contribution in [0, 0.1) is 0 Å². The highest BCUT2D eigenvalue weighted by Crippen LogP contribution is 2.27. The van der Waals surface area contributed by atoms with Gasteiger partial charge in [-0.3, -0.25) is 9.59 Å². The third-order valence-corrected chi connectivity index (χ3v) is 6.22. The van der Waals surface area contributed by atoms with Crippen LogP contribution < -0.4 is 14.8 Å². The van der Waals surface area contributed by atoms with Crippen molar-refractivity contribution < 1.29 is 19.1 Å². The molecule has 8 heteroatoms. The Balaban J connectivity index is 1.55. The van der Waals surface area contributed by atoms with Gasteiger partial charge in [0.2, 0.25) is 5.91 Å². The van der Waals surface area contributed by atoms with E-state index in [4.69, 9.17) is 14.5 Å². The van der Waals surface area contributed by atoms with E-state index in [9.17, 15) is 9.59 Å². The van der Waals surface area contributed by atoms with Gasteiger partial charge >= 0.3 is 0 Å². The number of ether oxygens (including phenoxy) is 2. The van der Waals surface area contributed by atoms with E-state index in [2.05, 4.69) is 5.32 Å². The van der Waals surface area contributed by atoms with Crippen molar-refractivity contribution in [2.45, 2.75) is 39.5 Å². The number of nitrogens with zero attached hydrogens (tertiary/aromatic N) is 3. The summed E-state index contributed by atoms with van der Waals surface area (Å²) in [6.07, 6.45) is 0. The number of benzene rings is 3. The molecule has 0 radical (unpaired) electrons.